The van der Waals surface area contributed by atoms with Crippen LogP contribution in [0.1, 0.15) is 6.42 Å². The first kappa shape index (κ1) is 7.86. The second kappa shape index (κ2) is 2.74. The Bertz CT molecular complexity index is 327. The lowest BCUT2D eigenvalue weighted by Gasteiger charge is -2.21. The van der Waals surface area contributed by atoms with E-state index < -0.39 is 0 Å². The van der Waals surface area contributed by atoms with Gasteiger partial charge in [0.15, 0.2) is 0 Å². The Morgan fingerprint density at radius 1 is 1.15 bits per heavy atom. The van der Waals surface area contributed by atoms with Gasteiger partial charge in [-0.1, -0.05) is 12.1 Å². The monoisotopic (exact) mass is 237 g/mol. The van der Waals surface area contributed by atoms with Crippen molar-refractivity contribution in [2.45, 2.75) is 6.42 Å². The standard InChI is InChI=1S/C11H12BrN/c12-10-3-1-2-4-11(10)13-6-8-5-9(8)7-13/h1-4,8-9H,5-7H2. The van der Waals surface area contributed by atoms with Gasteiger partial charge < -0.3 is 4.90 Å². The van der Waals surface area contributed by atoms with Crippen molar-refractivity contribution in [3.05, 3.63) is 28.7 Å². The van der Waals surface area contributed by atoms with E-state index in [2.05, 4.69) is 45.1 Å². The lowest BCUT2D eigenvalue weighted by Crippen LogP contribution is -2.21. The second-order valence-corrected chi connectivity index (χ2v) is 4.97. The van der Waals surface area contributed by atoms with Gasteiger partial charge in [0.25, 0.3) is 0 Å². The second-order valence-electron chi connectivity index (χ2n) is 4.11. The fourth-order valence-corrected chi connectivity index (χ4v) is 2.84. The van der Waals surface area contributed by atoms with Crippen molar-refractivity contribution in [1.82, 2.24) is 0 Å². The van der Waals surface area contributed by atoms with Crippen molar-refractivity contribution in [3.63, 3.8) is 0 Å². The van der Waals surface area contributed by atoms with Crippen LogP contribution in [0.5, 0.6) is 0 Å². The predicted octanol–water partition coefficient (Wildman–Crippen LogP) is 2.91. The van der Waals surface area contributed by atoms with Gasteiger partial charge in [0.05, 0.1) is 5.69 Å². The van der Waals surface area contributed by atoms with Crippen LogP contribution in [0, 0.1) is 11.8 Å². The molecule has 1 aromatic rings. The lowest BCUT2D eigenvalue weighted by molar-refractivity contribution is 0.818. The van der Waals surface area contributed by atoms with E-state index in [0.29, 0.717) is 0 Å². The fraction of sp³-hybridized carbons (Fsp3) is 0.455. The van der Waals surface area contributed by atoms with E-state index in [9.17, 15) is 0 Å². The van der Waals surface area contributed by atoms with Gasteiger partial charge in [0.2, 0.25) is 0 Å². The normalized spacial score (nSPS) is 30.4. The molecule has 1 heterocycles. The number of anilines is 1. The number of rotatable bonds is 1. The summed E-state index contributed by atoms with van der Waals surface area (Å²) >= 11 is 3.60. The van der Waals surface area contributed by atoms with Crippen molar-refractivity contribution >= 4 is 21.6 Å². The molecular weight excluding hydrogens is 226 g/mol. The van der Waals surface area contributed by atoms with E-state index in [1.165, 1.54) is 29.7 Å². The van der Waals surface area contributed by atoms with E-state index in [1.54, 1.807) is 0 Å². The molecule has 2 atom stereocenters. The smallest absolute Gasteiger partial charge is 0.0510 e. The first-order valence-electron chi connectivity index (χ1n) is 4.84. The molecule has 1 saturated heterocycles. The van der Waals surface area contributed by atoms with Crippen molar-refractivity contribution in [3.8, 4) is 0 Å². The Balaban J connectivity index is 1.88. The summed E-state index contributed by atoms with van der Waals surface area (Å²) in [6.07, 6.45) is 1.47. The molecule has 68 valence electrons. The van der Waals surface area contributed by atoms with Crippen LogP contribution in [0.4, 0.5) is 5.69 Å². The summed E-state index contributed by atoms with van der Waals surface area (Å²) in [5, 5.41) is 0. The molecule has 1 nitrogen and oxygen atoms in total. The maximum absolute atomic E-state index is 3.60. The van der Waals surface area contributed by atoms with Gasteiger partial charge in [-0.05, 0) is 46.3 Å². The van der Waals surface area contributed by atoms with Gasteiger partial charge in [-0.3, -0.25) is 0 Å². The number of hydrogen-bond acceptors (Lipinski definition) is 1. The van der Waals surface area contributed by atoms with Crippen molar-refractivity contribution in [2.75, 3.05) is 18.0 Å². The van der Waals surface area contributed by atoms with Crippen LogP contribution in [-0.4, -0.2) is 13.1 Å². The summed E-state index contributed by atoms with van der Waals surface area (Å²) in [6, 6.07) is 8.52. The maximum atomic E-state index is 3.60. The molecule has 2 fully saturated rings. The minimum atomic E-state index is 1.01. The predicted molar refractivity (Wildman–Crippen MR) is 58.0 cm³/mol. The number of para-hydroxylation sites is 1. The third-order valence-electron chi connectivity index (χ3n) is 3.17. The quantitative estimate of drug-likeness (QED) is 0.727. The molecule has 0 aromatic heterocycles. The molecule has 2 unspecified atom stereocenters. The molecule has 0 radical (unpaired) electrons. The summed E-state index contributed by atoms with van der Waals surface area (Å²) in [4.78, 5) is 2.50. The summed E-state index contributed by atoms with van der Waals surface area (Å²) in [5.41, 5.74) is 1.37. The van der Waals surface area contributed by atoms with Crippen LogP contribution < -0.4 is 4.90 Å². The molecule has 1 saturated carbocycles. The molecular formula is C11H12BrN. The largest absolute Gasteiger partial charge is 0.370 e. The highest BCUT2D eigenvalue weighted by Gasteiger charge is 2.45. The average Bonchev–Trinajstić information content (AvgIpc) is 2.75. The zero-order chi connectivity index (χ0) is 8.84. The molecule has 13 heavy (non-hydrogen) atoms. The number of halogens is 1. The summed E-state index contributed by atoms with van der Waals surface area (Å²) in [6.45, 7) is 2.54. The molecule has 2 aliphatic rings. The van der Waals surface area contributed by atoms with Gasteiger partial charge in [-0.15, -0.1) is 0 Å². The van der Waals surface area contributed by atoms with Crippen molar-refractivity contribution in [2.24, 2.45) is 11.8 Å². The highest BCUT2D eigenvalue weighted by atomic mass is 79.9. The Morgan fingerprint density at radius 3 is 2.54 bits per heavy atom. The zero-order valence-corrected chi connectivity index (χ0v) is 9.00. The average molecular weight is 238 g/mol. The van der Waals surface area contributed by atoms with Crippen LogP contribution >= 0.6 is 15.9 Å². The number of benzene rings is 1. The SMILES string of the molecule is Brc1ccccc1N1CC2CC2C1. The molecule has 1 aliphatic heterocycles. The first-order chi connectivity index (χ1) is 6.34. The molecule has 2 heteroatoms. The Morgan fingerprint density at radius 2 is 1.85 bits per heavy atom. The van der Waals surface area contributed by atoms with Crippen LogP contribution in [0.3, 0.4) is 0 Å². The van der Waals surface area contributed by atoms with Crippen LogP contribution in [0.15, 0.2) is 28.7 Å². The number of hydrogen-bond donors (Lipinski definition) is 0. The van der Waals surface area contributed by atoms with Crippen LogP contribution in [0.2, 0.25) is 0 Å². The maximum Gasteiger partial charge on any atom is 0.0510 e. The van der Waals surface area contributed by atoms with E-state index in [-0.39, 0.29) is 0 Å². The van der Waals surface area contributed by atoms with E-state index in [1.807, 2.05) is 0 Å². The summed E-state index contributed by atoms with van der Waals surface area (Å²) in [5.74, 6) is 2.01. The van der Waals surface area contributed by atoms with E-state index in [4.69, 9.17) is 0 Å². The Hall–Kier alpha value is -0.500. The Labute approximate surface area is 86.9 Å². The van der Waals surface area contributed by atoms with Gasteiger partial charge in [0, 0.05) is 17.6 Å². The van der Waals surface area contributed by atoms with E-state index in [0.717, 1.165) is 11.8 Å². The number of piperidine rings is 1. The lowest BCUT2D eigenvalue weighted by atomic mass is 10.3. The van der Waals surface area contributed by atoms with Crippen molar-refractivity contribution in [1.29, 1.82) is 0 Å². The van der Waals surface area contributed by atoms with Gasteiger partial charge in [0.1, 0.15) is 0 Å². The van der Waals surface area contributed by atoms with Gasteiger partial charge in [-0.2, -0.15) is 0 Å². The topological polar surface area (TPSA) is 3.24 Å². The van der Waals surface area contributed by atoms with E-state index >= 15 is 0 Å². The fourth-order valence-electron chi connectivity index (χ4n) is 2.30. The molecule has 0 spiro atoms. The number of nitrogens with zero attached hydrogens (tertiary/aromatic N) is 1. The van der Waals surface area contributed by atoms with Crippen LogP contribution in [0.25, 0.3) is 0 Å². The van der Waals surface area contributed by atoms with Crippen LogP contribution in [-0.2, 0) is 0 Å². The first-order valence-corrected chi connectivity index (χ1v) is 5.63. The van der Waals surface area contributed by atoms with Gasteiger partial charge >= 0.3 is 0 Å². The minimum Gasteiger partial charge on any atom is -0.370 e. The van der Waals surface area contributed by atoms with Crippen molar-refractivity contribution < 1.29 is 0 Å². The third kappa shape index (κ3) is 1.28. The molecule has 1 aromatic carbocycles. The molecule has 0 N–H and O–H groups in total. The third-order valence-corrected chi connectivity index (χ3v) is 3.84. The highest BCUT2D eigenvalue weighted by Crippen LogP contribution is 2.47. The van der Waals surface area contributed by atoms with Gasteiger partial charge in [-0.25, -0.2) is 0 Å². The molecule has 0 amide bonds. The molecule has 0 bridgehead atoms. The molecule has 3 rings (SSSR count). The summed E-state index contributed by atoms with van der Waals surface area (Å²) < 4.78 is 1.23. The Kier molecular flexibility index (Phi) is 1.66. The highest BCUT2D eigenvalue weighted by molar-refractivity contribution is 9.10. The zero-order valence-electron chi connectivity index (χ0n) is 7.41. The minimum absolute atomic E-state index is 1.01. The number of fused-ring (bicyclic) bond motifs is 1. The summed E-state index contributed by atoms with van der Waals surface area (Å²) in [7, 11) is 0. The molecule has 1 aliphatic carbocycles.